The van der Waals surface area contributed by atoms with Crippen molar-refractivity contribution in [1.29, 1.82) is 0 Å². The Morgan fingerprint density at radius 2 is 2.12 bits per heavy atom. The van der Waals surface area contributed by atoms with Crippen molar-refractivity contribution in [2.75, 3.05) is 54.2 Å². The largest absolute Gasteiger partial charge is 0.440 e. The van der Waals surface area contributed by atoms with Gasteiger partial charge in [-0.3, -0.25) is 4.48 Å². The van der Waals surface area contributed by atoms with E-state index in [4.69, 9.17) is 14.7 Å². The second-order valence-electron chi connectivity index (χ2n) is 7.74. The zero-order valence-electron chi connectivity index (χ0n) is 15.8. The molecule has 146 valence electrons. The van der Waals surface area contributed by atoms with Crippen molar-refractivity contribution < 1.29 is 24.0 Å². The van der Waals surface area contributed by atoms with Crippen LogP contribution in [-0.4, -0.2) is 103 Å². The Labute approximate surface area is 154 Å². The van der Waals surface area contributed by atoms with Crippen LogP contribution >= 0.6 is 0 Å². The van der Waals surface area contributed by atoms with Crippen molar-refractivity contribution in [1.82, 2.24) is 14.7 Å². The molecule has 4 aliphatic heterocycles. The molecular formula is C17H30N5O4+. The van der Waals surface area contributed by atoms with E-state index in [1.165, 1.54) is 11.1 Å². The molecule has 2 atom stereocenters. The Morgan fingerprint density at radius 1 is 1.38 bits per heavy atom. The smallest absolute Gasteiger partial charge is 0.409 e. The van der Waals surface area contributed by atoms with Crippen LogP contribution in [0.3, 0.4) is 0 Å². The van der Waals surface area contributed by atoms with Gasteiger partial charge in [0, 0.05) is 52.3 Å². The third kappa shape index (κ3) is 3.88. The molecule has 1 N–H and O–H groups in total. The summed E-state index contributed by atoms with van der Waals surface area (Å²) in [4.78, 5) is 17.3. The van der Waals surface area contributed by atoms with Gasteiger partial charge in [-0.2, -0.15) is 0 Å². The highest BCUT2D eigenvalue weighted by Crippen LogP contribution is 2.35. The summed E-state index contributed by atoms with van der Waals surface area (Å²) in [6.07, 6.45) is 7.03. The first-order valence-corrected chi connectivity index (χ1v) is 9.08. The first-order valence-electron chi connectivity index (χ1n) is 9.08. The van der Waals surface area contributed by atoms with Crippen LogP contribution in [0.4, 0.5) is 4.79 Å². The quantitative estimate of drug-likeness (QED) is 0.322. The molecule has 1 amide bonds. The minimum atomic E-state index is -0.265. The molecule has 0 saturated carbocycles. The summed E-state index contributed by atoms with van der Waals surface area (Å²) in [6, 6.07) is 0. The highest BCUT2D eigenvalue weighted by molar-refractivity contribution is 5.67. The molecule has 26 heavy (non-hydrogen) atoms. The SMILES string of the molecule is CN(C)C(=O)OC1C[N+]2(COCN3C=CN(C)C3/C=N\O)CCC1CC2. The summed E-state index contributed by atoms with van der Waals surface area (Å²) in [5.74, 6) is 0.471. The van der Waals surface area contributed by atoms with Crippen LogP contribution in [0.2, 0.25) is 0 Å². The summed E-state index contributed by atoms with van der Waals surface area (Å²) < 4.78 is 12.6. The number of rotatable bonds is 6. The van der Waals surface area contributed by atoms with Crippen LogP contribution in [-0.2, 0) is 9.47 Å². The molecule has 3 fully saturated rings. The van der Waals surface area contributed by atoms with E-state index in [1.54, 1.807) is 14.1 Å². The maximum atomic E-state index is 11.9. The van der Waals surface area contributed by atoms with E-state index in [1.807, 2.05) is 29.2 Å². The van der Waals surface area contributed by atoms with E-state index in [0.29, 0.717) is 19.4 Å². The molecule has 3 saturated heterocycles. The van der Waals surface area contributed by atoms with E-state index < -0.39 is 0 Å². The van der Waals surface area contributed by atoms with Crippen LogP contribution < -0.4 is 0 Å². The highest BCUT2D eigenvalue weighted by Gasteiger charge is 2.48. The summed E-state index contributed by atoms with van der Waals surface area (Å²) in [6.45, 7) is 3.97. The van der Waals surface area contributed by atoms with Gasteiger partial charge >= 0.3 is 6.09 Å². The fourth-order valence-electron chi connectivity index (χ4n) is 4.08. The van der Waals surface area contributed by atoms with Crippen LogP contribution in [0.1, 0.15) is 12.8 Å². The average Bonchev–Trinajstić information content (AvgIpc) is 2.96. The van der Waals surface area contributed by atoms with Crippen molar-refractivity contribution in [3.63, 3.8) is 0 Å². The van der Waals surface area contributed by atoms with E-state index in [2.05, 4.69) is 5.16 Å². The molecule has 4 heterocycles. The minimum absolute atomic E-state index is 0.0249. The molecule has 0 aromatic carbocycles. The molecule has 4 aliphatic rings. The first kappa shape index (κ1) is 18.8. The van der Waals surface area contributed by atoms with E-state index in [-0.39, 0.29) is 18.4 Å². The maximum Gasteiger partial charge on any atom is 0.409 e. The topological polar surface area (TPSA) is 77.8 Å². The molecule has 2 unspecified atom stereocenters. The Morgan fingerprint density at radius 3 is 2.77 bits per heavy atom. The van der Waals surface area contributed by atoms with Crippen molar-refractivity contribution in [2.45, 2.75) is 25.1 Å². The Hall–Kier alpha value is -2.00. The lowest BCUT2D eigenvalue weighted by molar-refractivity contribution is -0.963. The lowest BCUT2D eigenvalue weighted by Gasteiger charge is -2.51. The number of ether oxygens (including phenoxy) is 2. The van der Waals surface area contributed by atoms with Crippen molar-refractivity contribution in [2.24, 2.45) is 11.1 Å². The Kier molecular flexibility index (Phi) is 5.57. The second kappa shape index (κ2) is 7.71. The number of fused-ring (bicyclic) bond motifs is 3. The molecule has 9 heteroatoms. The standard InChI is InChI=1S/C17H29N5O4/c1-19(2)17(23)26-15-11-22(8-4-14(15)5-9-22)13-25-12-21-7-6-20(3)16(21)10-18-24/h6-7,10,14-16H,4-5,8-9,11-13H2,1-3H3/p+1/b18-10-. The third-order valence-electron chi connectivity index (χ3n) is 5.71. The number of carbonyl (C=O) groups excluding carboxylic acids is 1. The van der Waals surface area contributed by atoms with Gasteiger partial charge in [0.05, 0.1) is 19.3 Å². The second-order valence-corrected chi connectivity index (χ2v) is 7.74. The first-order chi connectivity index (χ1) is 12.4. The minimum Gasteiger partial charge on any atom is -0.440 e. The van der Waals surface area contributed by atoms with Crippen LogP contribution in [0.15, 0.2) is 17.6 Å². The lowest BCUT2D eigenvalue weighted by atomic mass is 9.84. The Bertz CT molecular complexity index is 559. The fourth-order valence-corrected chi connectivity index (χ4v) is 4.08. The number of carbonyl (C=O) groups is 1. The molecule has 2 bridgehead atoms. The number of piperidine rings is 3. The highest BCUT2D eigenvalue weighted by atomic mass is 16.6. The summed E-state index contributed by atoms with van der Waals surface area (Å²) >= 11 is 0. The molecule has 0 aromatic heterocycles. The average molecular weight is 368 g/mol. The van der Waals surface area contributed by atoms with Gasteiger partial charge in [0.25, 0.3) is 0 Å². The van der Waals surface area contributed by atoms with Gasteiger partial charge in [-0.05, 0) is 0 Å². The van der Waals surface area contributed by atoms with E-state index in [9.17, 15) is 4.79 Å². The lowest BCUT2D eigenvalue weighted by Crippen LogP contribution is -2.65. The number of amides is 1. The molecular weight excluding hydrogens is 338 g/mol. The zero-order chi connectivity index (χ0) is 18.7. The summed E-state index contributed by atoms with van der Waals surface area (Å²) in [5, 5.41) is 12.0. The van der Waals surface area contributed by atoms with Crippen molar-refractivity contribution >= 4 is 12.3 Å². The number of nitrogens with zero attached hydrogens (tertiary/aromatic N) is 5. The normalized spacial score (nSPS) is 33.3. The van der Waals surface area contributed by atoms with Gasteiger partial charge in [-0.1, -0.05) is 5.16 Å². The summed E-state index contributed by atoms with van der Waals surface area (Å²) in [5.41, 5.74) is 0. The zero-order valence-corrected chi connectivity index (χ0v) is 15.8. The number of hydrogen-bond acceptors (Lipinski definition) is 7. The molecule has 0 aromatic rings. The van der Waals surface area contributed by atoms with E-state index in [0.717, 1.165) is 37.0 Å². The third-order valence-corrected chi connectivity index (χ3v) is 5.71. The molecule has 0 spiro atoms. The van der Waals surface area contributed by atoms with E-state index >= 15 is 0 Å². The van der Waals surface area contributed by atoms with Gasteiger partial charge in [0.1, 0.15) is 19.4 Å². The van der Waals surface area contributed by atoms with Gasteiger partial charge in [0.2, 0.25) is 0 Å². The predicted molar refractivity (Wildman–Crippen MR) is 95.2 cm³/mol. The van der Waals surface area contributed by atoms with Crippen LogP contribution in [0, 0.1) is 5.92 Å². The summed E-state index contributed by atoms with van der Waals surface area (Å²) in [7, 11) is 5.34. The molecule has 0 radical (unpaired) electrons. The maximum absolute atomic E-state index is 11.9. The van der Waals surface area contributed by atoms with Crippen LogP contribution in [0.5, 0.6) is 0 Å². The van der Waals surface area contributed by atoms with Gasteiger partial charge in [-0.25, -0.2) is 4.79 Å². The predicted octanol–water partition coefficient (Wildman–Crippen LogP) is 0.730. The van der Waals surface area contributed by atoms with Gasteiger partial charge < -0.3 is 29.4 Å². The van der Waals surface area contributed by atoms with Crippen LogP contribution in [0.25, 0.3) is 0 Å². The number of hydrogen-bond donors (Lipinski definition) is 1. The van der Waals surface area contributed by atoms with Gasteiger partial charge in [-0.15, -0.1) is 0 Å². The number of quaternary nitrogens is 1. The monoisotopic (exact) mass is 368 g/mol. The molecule has 4 rings (SSSR count). The van der Waals surface area contributed by atoms with Crippen molar-refractivity contribution in [3.05, 3.63) is 12.4 Å². The fraction of sp³-hybridized carbons (Fsp3) is 0.765. The van der Waals surface area contributed by atoms with Gasteiger partial charge in [0.15, 0.2) is 12.8 Å². The number of oxime groups is 1. The Balaban J connectivity index is 1.52. The molecule has 0 aliphatic carbocycles. The molecule has 9 nitrogen and oxygen atoms in total. The van der Waals surface area contributed by atoms with Crippen molar-refractivity contribution in [3.8, 4) is 0 Å².